The molecule has 0 saturated heterocycles. The molecular weight excluding hydrogens is 173 g/mol. The molecule has 1 aromatic rings. The summed E-state index contributed by atoms with van der Waals surface area (Å²) in [6.07, 6.45) is 0. The number of amides is 1. The number of benzene rings is 1. The van der Waals surface area contributed by atoms with Crippen molar-refractivity contribution in [3.63, 3.8) is 0 Å². The normalized spacial score (nSPS) is 9.69. The molecule has 70 valence electrons. The van der Waals surface area contributed by atoms with Crippen molar-refractivity contribution in [3.05, 3.63) is 35.6 Å². The van der Waals surface area contributed by atoms with Crippen molar-refractivity contribution in [2.45, 2.75) is 6.54 Å². The molecule has 3 nitrogen and oxygen atoms in total. The molecule has 1 amide bonds. The molecule has 0 aromatic heterocycles. The molecule has 0 spiro atoms. The molecule has 0 aliphatic carbocycles. The zero-order chi connectivity index (χ0) is 9.68. The summed E-state index contributed by atoms with van der Waals surface area (Å²) >= 11 is 0. The summed E-state index contributed by atoms with van der Waals surface area (Å²) in [5, 5.41) is 10.8. The van der Waals surface area contributed by atoms with Gasteiger partial charge in [0, 0.05) is 6.54 Å². The molecule has 2 N–H and O–H groups in total. The Labute approximate surface area is 75.2 Å². The molecule has 0 heterocycles. The summed E-state index contributed by atoms with van der Waals surface area (Å²) in [5.41, 5.74) is 0.668. The zero-order valence-corrected chi connectivity index (χ0v) is 6.96. The van der Waals surface area contributed by atoms with Crippen LogP contribution in [-0.2, 0) is 11.3 Å². The molecule has 13 heavy (non-hydrogen) atoms. The monoisotopic (exact) mass is 183 g/mol. The summed E-state index contributed by atoms with van der Waals surface area (Å²) in [4.78, 5) is 10.6. The molecule has 0 saturated carbocycles. The third-order valence-corrected chi connectivity index (χ3v) is 1.52. The van der Waals surface area contributed by atoms with Crippen LogP contribution in [0.15, 0.2) is 24.3 Å². The van der Waals surface area contributed by atoms with Crippen LogP contribution in [0.4, 0.5) is 4.39 Å². The molecule has 0 bridgehead atoms. The maximum Gasteiger partial charge on any atom is 0.245 e. The molecule has 0 fully saturated rings. The SMILES string of the molecule is O=C(CO)NCc1cccc(F)c1. The van der Waals surface area contributed by atoms with Crippen LogP contribution >= 0.6 is 0 Å². The van der Waals surface area contributed by atoms with E-state index in [-0.39, 0.29) is 12.4 Å². The van der Waals surface area contributed by atoms with E-state index in [4.69, 9.17) is 5.11 Å². The van der Waals surface area contributed by atoms with Crippen LogP contribution < -0.4 is 5.32 Å². The first-order valence-electron chi connectivity index (χ1n) is 3.84. The van der Waals surface area contributed by atoms with Gasteiger partial charge in [-0.25, -0.2) is 4.39 Å². The van der Waals surface area contributed by atoms with E-state index in [1.165, 1.54) is 12.1 Å². The Kier molecular flexibility index (Phi) is 3.40. The number of hydrogen-bond donors (Lipinski definition) is 2. The fraction of sp³-hybridized carbons (Fsp3) is 0.222. The van der Waals surface area contributed by atoms with E-state index in [2.05, 4.69) is 5.32 Å². The lowest BCUT2D eigenvalue weighted by Gasteiger charge is -2.02. The van der Waals surface area contributed by atoms with Gasteiger partial charge < -0.3 is 10.4 Å². The van der Waals surface area contributed by atoms with Crippen LogP contribution in [0.5, 0.6) is 0 Å². The van der Waals surface area contributed by atoms with Crippen LogP contribution in [0.3, 0.4) is 0 Å². The van der Waals surface area contributed by atoms with Crippen LogP contribution in [0.2, 0.25) is 0 Å². The van der Waals surface area contributed by atoms with E-state index < -0.39 is 12.5 Å². The van der Waals surface area contributed by atoms with Gasteiger partial charge >= 0.3 is 0 Å². The summed E-state index contributed by atoms with van der Waals surface area (Å²) in [5.74, 6) is -0.806. The lowest BCUT2D eigenvalue weighted by Crippen LogP contribution is -2.25. The fourth-order valence-corrected chi connectivity index (χ4v) is 0.903. The number of carbonyl (C=O) groups excluding carboxylic acids is 1. The molecule has 0 atom stereocenters. The smallest absolute Gasteiger partial charge is 0.245 e. The van der Waals surface area contributed by atoms with E-state index in [0.29, 0.717) is 5.56 Å². The number of hydrogen-bond acceptors (Lipinski definition) is 2. The number of halogens is 1. The standard InChI is InChI=1S/C9H10FNO2/c10-8-3-1-2-7(4-8)5-11-9(13)6-12/h1-4,12H,5-6H2,(H,11,13). The number of carbonyl (C=O) groups is 1. The minimum Gasteiger partial charge on any atom is -0.387 e. The lowest BCUT2D eigenvalue weighted by molar-refractivity contribution is -0.123. The Morgan fingerprint density at radius 3 is 2.92 bits per heavy atom. The van der Waals surface area contributed by atoms with Gasteiger partial charge in [-0.05, 0) is 17.7 Å². The van der Waals surface area contributed by atoms with E-state index in [9.17, 15) is 9.18 Å². The maximum atomic E-state index is 12.6. The third-order valence-electron chi connectivity index (χ3n) is 1.52. The predicted molar refractivity (Wildman–Crippen MR) is 45.3 cm³/mol. The second-order valence-corrected chi connectivity index (χ2v) is 2.56. The Hall–Kier alpha value is -1.42. The Morgan fingerprint density at radius 2 is 2.31 bits per heavy atom. The van der Waals surface area contributed by atoms with Crippen LogP contribution in [0, 0.1) is 5.82 Å². The van der Waals surface area contributed by atoms with Gasteiger partial charge in [-0.15, -0.1) is 0 Å². The van der Waals surface area contributed by atoms with E-state index >= 15 is 0 Å². The molecular formula is C9H10FNO2. The van der Waals surface area contributed by atoms with Gasteiger partial charge in [0.15, 0.2) is 0 Å². The highest BCUT2D eigenvalue weighted by Gasteiger charge is 1.98. The first-order chi connectivity index (χ1) is 6.22. The summed E-state index contributed by atoms with van der Waals surface area (Å²) in [7, 11) is 0. The highest BCUT2D eigenvalue weighted by molar-refractivity contribution is 5.76. The van der Waals surface area contributed by atoms with Gasteiger partial charge in [0.25, 0.3) is 0 Å². The summed E-state index contributed by atoms with van der Waals surface area (Å²) in [6, 6.07) is 5.92. The number of nitrogens with one attached hydrogen (secondary N) is 1. The van der Waals surface area contributed by atoms with Gasteiger partial charge in [-0.2, -0.15) is 0 Å². The molecule has 0 unspecified atom stereocenters. The van der Waals surface area contributed by atoms with Crippen LogP contribution in [0.25, 0.3) is 0 Å². The van der Waals surface area contributed by atoms with Crippen molar-refractivity contribution in [1.82, 2.24) is 5.32 Å². The lowest BCUT2D eigenvalue weighted by atomic mass is 10.2. The van der Waals surface area contributed by atoms with E-state index in [0.717, 1.165) is 0 Å². The molecule has 0 aliphatic heterocycles. The quantitative estimate of drug-likeness (QED) is 0.714. The molecule has 0 radical (unpaired) electrons. The summed E-state index contributed by atoms with van der Waals surface area (Å²) in [6.45, 7) is -0.313. The van der Waals surface area contributed by atoms with Gasteiger partial charge in [-0.3, -0.25) is 4.79 Å². The topological polar surface area (TPSA) is 49.3 Å². The fourth-order valence-electron chi connectivity index (χ4n) is 0.903. The average Bonchev–Trinajstić information content (AvgIpc) is 2.14. The number of rotatable bonds is 3. The largest absolute Gasteiger partial charge is 0.387 e. The molecule has 1 rings (SSSR count). The third kappa shape index (κ3) is 3.21. The predicted octanol–water partition coefficient (Wildman–Crippen LogP) is 0.434. The summed E-state index contributed by atoms with van der Waals surface area (Å²) < 4.78 is 12.6. The average molecular weight is 183 g/mol. The first kappa shape index (κ1) is 9.67. The van der Waals surface area contributed by atoms with Crippen molar-refractivity contribution in [3.8, 4) is 0 Å². The molecule has 0 aliphatic rings. The van der Waals surface area contributed by atoms with Gasteiger partial charge in [0.1, 0.15) is 12.4 Å². The van der Waals surface area contributed by atoms with Crippen LogP contribution in [-0.4, -0.2) is 17.6 Å². The number of aliphatic hydroxyl groups is 1. The Morgan fingerprint density at radius 1 is 1.54 bits per heavy atom. The van der Waals surface area contributed by atoms with Gasteiger partial charge in [-0.1, -0.05) is 12.1 Å². The molecule has 1 aromatic carbocycles. The first-order valence-corrected chi connectivity index (χ1v) is 3.84. The van der Waals surface area contributed by atoms with Crippen LogP contribution in [0.1, 0.15) is 5.56 Å². The Balaban J connectivity index is 2.50. The zero-order valence-electron chi connectivity index (χ0n) is 6.96. The van der Waals surface area contributed by atoms with Crippen molar-refractivity contribution in [2.24, 2.45) is 0 Å². The highest BCUT2D eigenvalue weighted by atomic mass is 19.1. The van der Waals surface area contributed by atoms with Crippen molar-refractivity contribution >= 4 is 5.91 Å². The molecule has 4 heteroatoms. The minimum absolute atomic E-state index is 0.233. The van der Waals surface area contributed by atoms with E-state index in [1.54, 1.807) is 12.1 Å². The van der Waals surface area contributed by atoms with Gasteiger partial charge in [0.2, 0.25) is 5.91 Å². The van der Waals surface area contributed by atoms with Crippen molar-refractivity contribution in [2.75, 3.05) is 6.61 Å². The Bertz CT molecular complexity index is 301. The van der Waals surface area contributed by atoms with E-state index in [1.807, 2.05) is 0 Å². The minimum atomic E-state index is -0.546. The second-order valence-electron chi connectivity index (χ2n) is 2.56. The second kappa shape index (κ2) is 4.57. The number of aliphatic hydroxyl groups excluding tert-OH is 1. The van der Waals surface area contributed by atoms with Gasteiger partial charge in [0.05, 0.1) is 0 Å². The van der Waals surface area contributed by atoms with Crippen molar-refractivity contribution < 1.29 is 14.3 Å². The highest BCUT2D eigenvalue weighted by Crippen LogP contribution is 2.02. The van der Waals surface area contributed by atoms with Crippen molar-refractivity contribution in [1.29, 1.82) is 0 Å². The maximum absolute atomic E-state index is 12.6.